The molecule has 2 aromatic rings. The van der Waals surface area contributed by atoms with E-state index in [1.165, 1.54) is 0 Å². The fraction of sp³-hybridized carbons (Fsp3) is 0.435. The summed E-state index contributed by atoms with van der Waals surface area (Å²) in [6.07, 6.45) is 5.55. The number of piperidine rings is 1. The van der Waals surface area contributed by atoms with Gasteiger partial charge < -0.3 is 15.0 Å². The van der Waals surface area contributed by atoms with Gasteiger partial charge in [-0.2, -0.15) is 5.26 Å². The predicted molar refractivity (Wildman–Crippen MR) is 116 cm³/mol. The molecule has 30 heavy (non-hydrogen) atoms. The summed E-state index contributed by atoms with van der Waals surface area (Å²) in [4.78, 5) is 19.8. The molecular weight excluding hydrogens is 400 g/mol. The first kappa shape index (κ1) is 20.5. The molecule has 2 bridgehead atoms. The molecule has 1 N–H and O–H groups in total. The van der Waals surface area contributed by atoms with Crippen LogP contribution >= 0.6 is 11.6 Å². The highest BCUT2D eigenvalue weighted by atomic mass is 35.5. The third-order valence-corrected chi connectivity index (χ3v) is 6.20. The average Bonchev–Trinajstić information content (AvgIpc) is 3.00. The smallest absolute Gasteiger partial charge is 0.263 e. The van der Waals surface area contributed by atoms with E-state index in [9.17, 15) is 4.79 Å². The van der Waals surface area contributed by atoms with Crippen LogP contribution in [0.15, 0.2) is 42.6 Å². The molecular formula is C23H25ClN4O2. The third-order valence-electron chi connectivity index (χ3n) is 5.94. The van der Waals surface area contributed by atoms with Crippen molar-refractivity contribution in [2.75, 3.05) is 4.90 Å². The van der Waals surface area contributed by atoms with Crippen molar-refractivity contribution in [3.05, 3.63) is 53.2 Å². The second-order valence-corrected chi connectivity index (χ2v) is 8.95. The Morgan fingerprint density at radius 2 is 1.87 bits per heavy atom. The van der Waals surface area contributed by atoms with Gasteiger partial charge in [0.1, 0.15) is 17.6 Å². The first-order valence-electron chi connectivity index (χ1n) is 10.3. The van der Waals surface area contributed by atoms with E-state index in [0.29, 0.717) is 28.4 Å². The number of rotatable bonds is 5. The normalized spacial score (nSPS) is 23.0. The zero-order chi connectivity index (χ0) is 21.3. The Bertz CT molecular complexity index is 939. The highest BCUT2D eigenvalue weighted by molar-refractivity contribution is 6.30. The molecule has 1 unspecified atom stereocenters. The summed E-state index contributed by atoms with van der Waals surface area (Å²) in [5, 5.41) is 12.8. The largest absolute Gasteiger partial charge is 0.478 e. The summed E-state index contributed by atoms with van der Waals surface area (Å²) in [6.45, 7) is 3.56. The first-order chi connectivity index (χ1) is 14.4. The van der Waals surface area contributed by atoms with Crippen LogP contribution in [0.1, 0.15) is 45.1 Å². The van der Waals surface area contributed by atoms with Crippen molar-refractivity contribution in [3.8, 4) is 11.8 Å². The predicted octanol–water partition coefficient (Wildman–Crippen LogP) is 4.08. The molecule has 0 radical (unpaired) electrons. The standard InChI is InChI=1S/C23H25ClN4O2/c1-23(2,30-20-8-4-16(24)5-9-20)22(29)27-17-11-18-6-7-19(12-17)28(18)21-10-3-15(13-25)14-26-21/h3-5,8-10,14,17-19H,6-7,11-12H2,1-2H3,(H,27,29)/t17?,18-,19+. The van der Waals surface area contributed by atoms with Gasteiger partial charge in [-0.1, -0.05) is 11.6 Å². The number of carbonyl (C=O) groups is 1. The lowest BCUT2D eigenvalue weighted by molar-refractivity contribution is -0.135. The van der Waals surface area contributed by atoms with Crippen LogP contribution in [0, 0.1) is 11.3 Å². The lowest BCUT2D eigenvalue weighted by Gasteiger charge is -2.40. The highest BCUT2D eigenvalue weighted by Crippen LogP contribution is 2.38. The van der Waals surface area contributed by atoms with Crippen LogP contribution in [-0.4, -0.2) is 34.6 Å². The van der Waals surface area contributed by atoms with E-state index in [2.05, 4.69) is 21.3 Å². The van der Waals surface area contributed by atoms with E-state index in [4.69, 9.17) is 21.6 Å². The van der Waals surface area contributed by atoms with Crippen molar-refractivity contribution in [2.45, 2.75) is 63.3 Å². The SMILES string of the molecule is CC(C)(Oc1ccc(Cl)cc1)C(=O)NC1C[C@H]2CC[C@@H](C1)N2c1ccc(C#N)cn1. The molecule has 7 heteroatoms. The Labute approximate surface area is 181 Å². The van der Waals surface area contributed by atoms with Gasteiger partial charge in [0, 0.05) is 29.3 Å². The van der Waals surface area contributed by atoms with Gasteiger partial charge in [-0.25, -0.2) is 4.98 Å². The topological polar surface area (TPSA) is 78.2 Å². The minimum Gasteiger partial charge on any atom is -0.478 e. The number of aromatic nitrogens is 1. The molecule has 3 heterocycles. The van der Waals surface area contributed by atoms with Gasteiger partial charge in [0.05, 0.1) is 5.56 Å². The maximum Gasteiger partial charge on any atom is 0.263 e. The summed E-state index contributed by atoms with van der Waals surface area (Å²) in [5.74, 6) is 1.41. The Balaban J connectivity index is 1.39. The molecule has 1 aromatic heterocycles. The van der Waals surface area contributed by atoms with E-state index in [1.54, 1.807) is 44.3 Å². The maximum atomic E-state index is 12.9. The fourth-order valence-corrected chi connectivity index (χ4v) is 4.60. The van der Waals surface area contributed by atoms with Crippen LogP contribution < -0.4 is 15.0 Å². The molecule has 0 saturated carbocycles. The van der Waals surface area contributed by atoms with Crippen molar-refractivity contribution in [1.29, 1.82) is 5.26 Å². The van der Waals surface area contributed by atoms with E-state index < -0.39 is 5.60 Å². The summed E-state index contributed by atoms with van der Waals surface area (Å²) in [5.41, 5.74) is -0.422. The van der Waals surface area contributed by atoms with Crippen LogP contribution in [0.5, 0.6) is 5.75 Å². The molecule has 156 valence electrons. The van der Waals surface area contributed by atoms with Crippen LogP contribution in [0.3, 0.4) is 0 Å². The number of fused-ring (bicyclic) bond motifs is 2. The van der Waals surface area contributed by atoms with Crippen molar-refractivity contribution in [2.24, 2.45) is 0 Å². The van der Waals surface area contributed by atoms with Crippen molar-refractivity contribution in [1.82, 2.24) is 10.3 Å². The van der Waals surface area contributed by atoms with Crippen LogP contribution in [0.2, 0.25) is 5.02 Å². The number of halogens is 1. The molecule has 2 fully saturated rings. The number of amides is 1. The lowest BCUT2D eigenvalue weighted by atomic mass is 9.96. The number of ether oxygens (including phenoxy) is 1. The summed E-state index contributed by atoms with van der Waals surface area (Å²) in [6, 6.07) is 13.7. The molecule has 1 aromatic carbocycles. The average molecular weight is 425 g/mol. The molecule has 0 spiro atoms. The quantitative estimate of drug-likeness (QED) is 0.782. The molecule has 2 aliphatic heterocycles. The Morgan fingerprint density at radius 1 is 1.20 bits per heavy atom. The van der Waals surface area contributed by atoms with Crippen molar-refractivity contribution < 1.29 is 9.53 Å². The fourth-order valence-electron chi connectivity index (χ4n) is 4.48. The van der Waals surface area contributed by atoms with Gasteiger partial charge in [0.15, 0.2) is 5.60 Å². The maximum absolute atomic E-state index is 12.9. The number of pyridine rings is 1. The monoisotopic (exact) mass is 424 g/mol. The molecule has 0 aliphatic carbocycles. The summed E-state index contributed by atoms with van der Waals surface area (Å²) >= 11 is 5.92. The second-order valence-electron chi connectivity index (χ2n) is 8.52. The Hall–Kier alpha value is -2.78. The molecule has 6 nitrogen and oxygen atoms in total. The van der Waals surface area contributed by atoms with Gasteiger partial charge in [0.2, 0.25) is 0 Å². The van der Waals surface area contributed by atoms with Crippen LogP contribution in [0.4, 0.5) is 5.82 Å². The number of nitrogens with zero attached hydrogens (tertiary/aromatic N) is 3. The zero-order valence-corrected chi connectivity index (χ0v) is 17.9. The summed E-state index contributed by atoms with van der Waals surface area (Å²) < 4.78 is 5.92. The molecule has 2 aliphatic rings. The van der Waals surface area contributed by atoms with Crippen LogP contribution in [-0.2, 0) is 4.79 Å². The van der Waals surface area contributed by atoms with Gasteiger partial charge >= 0.3 is 0 Å². The minimum atomic E-state index is -0.987. The Morgan fingerprint density at radius 3 is 2.43 bits per heavy atom. The second kappa shape index (κ2) is 8.16. The number of nitriles is 1. The van der Waals surface area contributed by atoms with Gasteiger partial charge in [-0.3, -0.25) is 4.79 Å². The number of nitrogens with one attached hydrogen (secondary N) is 1. The van der Waals surface area contributed by atoms with Crippen molar-refractivity contribution in [3.63, 3.8) is 0 Å². The highest BCUT2D eigenvalue weighted by Gasteiger charge is 2.43. The van der Waals surface area contributed by atoms with Crippen LogP contribution in [0.25, 0.3) is 0 Å². The lowest BCUT2D eigenvalue weighted by Crippen LogP contribution is -2.55. The molecule has 4 rings (SSSR count). The van der Waals surface area contributed by atoms with E-state index in [-0.39, 0.29) is 11.9 Å². The minimum absolute atomic E-state index is 0.109. The number of hydrogen-bond acceptors (Lipinski definition) is 5. The zero-order valence-electron chi connectivity index (χ0n) is 17.1. The molecule has 1 amide bonds. The number of hydrogen-bond donors (Lipinski definition) is 1. The number of benzene rings is 1. The van der Waals surface area contributed by atoms with E-state index in [0.717, 1.165) is 31.5 Å². The molecule has 2 saturated heterocycles. The van der Waals surface area contributed by atoms with Gasteiger partial charge in [0.25, 0.3) is 5.91 Å². The number of anilines is 1. The Kier molecular flexibility index (Phi) is 5.57. The van der Waals surface area contributed by atoms with Gasteiger partial charge in [-0.15, -0.1) is 0 Å². The summed E-state index contributed by atoms with van der Waals surface area (Å²) in [7, 11) is 0. The first-order valence-corrected chi connectivity index (χ1v) is 10.6. The molecule has 3 atom stereocenters. The number of carbonyl (C=O) groups excluding carboxylic acids is 1. The third kappa shape index (κ3) is 4.22. The van der Waals surface area contributed by atoms with Crippen molar-refractivity contribution >= 4 is 23.3 Å². The van der Waals surface area contributed by atoms with Gasteiger partial charge in [-0.05, 0) is 75.9 Å². The van der Waals surface area contributed by atoms with E-state index in [1.807, 2.05) is 12.1 Å². The van der Waals surface area contributed by atoms with E-state index >= 15 is 0 Å².